The molecule has 0 N–H and O–H groups in total. The molecular weight excluding hydrogens is 266 g/mol. The van der Waals surface area contributed by atoms with Gasteiger partial charge in [-0.1, -0.05) is 12.1 Å². The summed E-state index contributed by atoms with van der Waals surface area (Å²) in [4.78, 5) is 13.4. The van der Waals surface area contributed by atoms with Crippen molar-refractivity contribution in [2.45, 2.75) is 45.6 Å². The van der Waals surface area contributed by atoms with Crippen LogP contribution in [-0.4, -0.2) is 37.3 Å². The molecule has 21 heavy (non-hydrogen) atoms. The third kappa shape index (κ3) is 7.02. The number of methoxy groups -OCH3 is 1. The van der Waals surface area contributed by atoms with Crippen molar-refractivity contribution in [2.24, 2.45) is 0 Å². The standard InChI is InChI=1S/C17H27NO3/c1-17(2,3)21-16(19)18(4)12-7-6-9-14-10-8-11-15(13-14)20-5/h8,10-11,13H,6-7,9,12H2,1-5H3. The molecule has 0 unspecified atom stereocenters. The maximum absolute atomic E-state index is 11.8. The number of ether oxygens (including phenoxy) is 2. The van der Waals surface area contributed by atoms with Crippen LogP contribution in [-0.2, 0) is 11.2 Å². The van der Waals surface area contributed by atoms with Crippen LogP contribution in [0.15, 0.2) is 24.3 Å². The van der Waals surface area contributed by atoms with Crippen LogP contribution in [0.4, 0.5) is 4.79 Å². The van der Waals surface area contributed by atoms with Crippen LogP contribution in [0.3, 0.4) is 0 Å². The van der Waals surface area contributed by atoms with E-state index in [4.69, 9.17) is 9.47 Å². The van der Waals surface area contributed by atoms with E-state index in [2.05, 4.69) is 12.1 Å². The molecule has 0 bridgehead atoms. The molecule has 1 aromatic carbocycles. The van der Waals surface area contributed by atoms with Gasteiger partial charge in [0.05, 0.1) is 7.11 Å². The van der Waals surface area contributed by atoms with Crippen molar-refractivity contribution >= 4 is 6.09 Å². The Kier molecular flexibility index (Phi) is 6.53. The molecule has 0 atom stereocenters. The number of hydrogen-bond donors (Lipinski definition) is 0. The molecule has 0 radical (unpaired) electrons. The fraction of sp³-hybridized carbons (Fsp3) is 0.588. The number of amides is 1. The lowest BCUT2D eigenvalue weighted by molar-refractivity contribution is 0.0296. The third-order valence-corrected chi connectivity index (χ3v) is 3.05. The predicted octanol–water partition coefficient (Wildman–Crippen LogP) is 3.88. The summed E-state index contributed by atoms with van der Waals surface area (Å²) >= 11 is 0. The first kappa shape index (κ1) is 17.3. The highest BCUT2D eigenvalue weighted by Gasteiger charge is 2.18. The molecule has 1 aromatic rings. The number of rotatable bonds is 6. The van der Waals surface area contributed by atoms with Gasteiger partial charge < -0.3 is 14.4 Å². The van der Waals surface area contributed by atoms with E-state index in [9.17, 15) is 4.79 Å². The number of aryl methyl sites for hydroxylation is 1. The Morgan fingerprint density at radius 2 is 1.95 bits per heavy atom. The quantitative estimate of drug-likeness (QED) is 0.747. The van der Waals surface area contributed by atoms with Gasteiger partial charge in [-0.2, -0.15) is 0 Å². The molecule has 4 nitrogen and oxygen atoms in total. The van der Waals surface area contributed by atoms with Crippen LogP contribution in [0, 0.1) is 0 Å². The Bertz CT molecular complexity index is 452. The predicted molar refractivity (Wildman–Crippen MR) is 84.8 cm³/mol. The second-order valence-electron chi connectivity index (χ2n) is 6.21. The molecule has 0 fully saturated rings. The van der Waals surface area contributed by atoms with Crippen LogP contribution < -0.4 is 4.74 Å². The molecule has 0 saturated heterocycles. The summed E-state index contributed by atoms with van der Waals surface area (Å²) in [5.41, 5.74) is 0.820. The summed E-state index contributed by atoms with van der Waals surface area (Å²) in [7, 11) is 3.45. The van der Waals surface area contributed by atoms with Crippen molar-refractivity contribution in [3.63, 3.8) is 0 Å². The van der Waals surface area contributed by atoms with Gasteiger partial charge in [-0.05, 0) is 57.7 Å². The lowest BCUT2D eigenvalue weighted by Crippen LogP contribution is -2.34. The van der Waals surface area contributed by atoms with Crippen molar-refractivity contribution in [3.8, 4) is 5.75 Å². The molecule has 0 aliphatic rings. The van der Waals surface area contributed by atoms with Crippen molar-refractivity contribution in [3.05, 3.63) is 29.8 Å². The minimum absolute atomic E-state index is 0.260. The van der Waals surface area contributed by atoms with Gasteiger partial charge >= 0.3 is 6.09 Å². The number of carbonyl (C=O) groups excluding carboxylic acids is 1. The molecule has 0 heterocycles. The van der Waals surface area contributed by atoms with E-state index < -0.39 is 5.60 Å². The van der Waals surface area contributed by atoms with Gasteiger partial charge in [-0.15, -0.1) is 0 Å². The van der Waals surface area contributed by atoms with E-state index >= 15 is 0 Å². The fourth-order valence-electron chi connectivity index (χ4n) is 1.94. The zero-order valence-electron chi connectivity index (χ0n) is 13.8. The summed E-state index contributed by atoms with van der Waals surface area (Å²) in [6, 6.07) is 8.10. The van der Waals surface area contributed by atoms with E-state index in [1.54, 1.807) is 19.1 Å². The van der Waals surface area contributed by atoms with Gasteiger partial charge in [-0.25, -0.2) is 4.79 Å². The van der Waals surface area contributed by atoms with Gasteiger partial charge in [0.25, 0.3) is 0 Å². The van der Waals surface area contributed by atoms with Gasteiger partial charge in [0.15, 0.2) is 0 Å². The minimum atomic E-state index is -0.439. The Balaban J connectivity index is 2.28. The molecule has 0 aromatic heterocycles. The van der Waals surface area contributed by atoms with Crippen LogP contribution in [0.5, 0.6) is 5.75 Å². The van der Waals surface area contributed by atoms with E-state index in [0.29, 0.717) is 6.54 Å². The summed E-state index contributed by atoms with van der Waals surface area (Å²) in [6.45, 7) is 6.34. The van der Waals surface area contributed by atoms with Crippen molar-refractivity contribution in [1.29, 1.82) is 0 Å². The monoisotopic (exact) mass is 293 g/mol. The van der Waals surface area contributed by atoms with Gasteiger partial charge in [0.1, 0.15) is 11.4 Å². The van der Waals surface area contributed by atoms with Crippen LogP contribution >= 0.6 is 0 Å². The Labute approximate surface area is 128 Å². The normalized spacial score (nSPS) is 11.1. The molecule has 0 spiro atoms. The summed E-state index contributed by atoms with van der Waals surface area (Å²) < 4.78 is 10.5. The molecule has 0 aliphatic heterocycles. The van der Waals surface area contributed by atoms with E-state index in [0.717, 1.165) is 25.0 Å². The first-order chi connectivity index (χ1) is 9.81. The number of benzene rings is 1. The SMILES string of the molecule is COc1cccc(CCCCN(C)C(=O)OC(C)(C)C)c1. The summed E-state index contributed by atoms with van der Waals surface area (Å²) in [5, 5.41) is 0. The zero-order valence-corrected chi connectivity index (χ0v) is 13.8. The Hall–Kier alpha value is -1.71. The molecule has 0 aliphatic carbocycles. The van der Waals surface area contributed by atoms with E-state index in [-0.39, 0.29) is 6.09 Å². The summed E-state index contributed by atoms with van der Waals surface area (Å²) in [6.07, 6.45) is 2.70. The average Bonchev–Trinajstić information content (AvgIpc) is 2.41. The van der Waals surface area contributed by atoms with Crippen molar-refractivity contribution in [1.82, 2.24) is 4.90 Å². The van der Waals surface area contributed by atoms with Crippen LogP contribution in [0.1, 0.15) is 39.2 Å². The maximum atomic E-state index is 11.8. The highest BCUT2D eigenvalue weighted by Crippen LogP contribution is 2.15. The molecule has 0 saturated carbocycles. The zero-order chi connectivity index (χ0) is 15.9. The lowest BCUT2D eigenvalue weighted by Gasteiger charge is -2.24. The maximum Gasteiger partial charge on any atom is 0.410 e. The van der Waals surface area contributed by atoms with Gasteiger partial charge in [0, 0.05) is 13.6 Å². The topological polar surface area (TPSA) is 38.8 Å². The second-order valence-corrected chi connectivity index (χ2v) is 6.21. The molecule has 4 heteroatoms. The average molecular weight is 293 g/mol. The number of unbranched alkanes of at least 4 members (excludes halogenated alkanes) is 1. The molecular formula is C17H27NO3. The highest BCUT2D eigenvalue weighted by atomic mass is 16.6. The molecule has 118 valence electrons. The Morgan fingerprint density at radius 1 is 1.24 bits per heavy atom. The smallest absolute Gasteiger partial charge is 0.410 e. The third-order valence-electron chi connectivity index (χ3n) is 3.05. The molecule has 1 rings (SSSR count). The van der Waals surface area contributed by atoms with Crippen LogP contribution in [0.2, 0.25) is 0 Å². The highest BCUT2D eigenvalue weighted by molar-refractivity contribution is 5.67. The largest absolute Gasteiger partial charge is 0.497 e. The fourth-order valence-corrected chi connectivity index (χ4v) is 1.94. The summed E-state index contributed by atoms with van der Waals surface area (Å²) in [5.74, 6) is 0.887. The van der Waals surface area contributed by atoms with E-state index in [1.165, 1.54) is 5.56 Å². The molecule has 1 amide bonds. The number of nitrogens with zero attached hydrogens (tertiary/aromatic N) is 1. The lowest BCUT2D eigenvalue weighted by atomic mass is 10.1. The van der Waals surface area contributed by atoms with Crippen molar-refractivity contribution < 1.29 is 14.3 Å². The van der Waals surface area contributed by atoms with E-state index in [1.807, 2.05) is 32.9 Å². The Morgan fingerprint density at radius 3 is 2.57 bits per heavy atom. The van der Waals surface area contributed by atoms with Gasteiger partial charge in [-0.3, -0.25) is 0 Å². The first-order valence-electron chi connectivity index (χ1n) is 7.39. The first-order valence-corrected chi connectivity index (χ1v) is 7.39. The van der Waals surface area contributed by atoms with Crippen molar-refractivity contribution in [2.75, 3.05) is 20.7 Å². The number of carbonyl (C=O) groups is 1. The minimum Gasteiger partial charge on any atom is -0.497 e. The second kappa shape index (κ2) is 7.91. The van der Waals surface area contributed by atoms with Gasteiger partial charge in [0.2, 0.25) is 0 Å². The van der Waals surface area contributed by atoms with Crippen LogP contribution in [0.25, 0.3) is 0 Å². The number of hydrogen-bond acceptors (Lipinski definition) is 3.